The van der Waals surface area contributed by atoms with Crippen molar-refractivity contribution in [3.63, 3.8) is 0 Å². The van der Waals surface area contributed by atoms with Gasteiger partial charge in [0.15, 0.2) is 0 Å². The number of amides is 3. The van der Waals surface area contributed by atoms with Crippen molar-refractivity contribution in [2.45, 2.75) is 13.3 Å². The Morgan fingerprint density at radius 2 is 1.56 bits per heavy atom. The number of carbonyl (C=O) groups is 3. The molecule has 1 aliphatic heterocycles. The Labute approximate surface area is 154 Å². The summed E-state index contributed by atoms with van der Waals surface area (Å²) in [6.45, 7) is 1.43. The molecule has 2 N–H and O–H groups in total. The number of carbonyl (C=O) groups excluding carboxylic acids is 3. The van der Waals surface area contributed by atoms with Gasteiger partial charge < -0.3 is 15.5 Å². The topological polar surface area (TPSA) is 78.5 Å². The first-order valence-corrected chi connectivity index (χ1v) is 8.27. The van der Waals surface area contributed by atoms with E-state index in [0.29, 0.717) is 11.4 Å². The van der Waals surface area contributed by atoms with Gasteiger partial charge in [0, 0.05) is 43.0 Å². The second kappa shape index (κ2) is 7.53. The highest BCUT2D eigenvalue weighted by molar-refractivity contribution is 6.03. The first kappa shape index (κ1) is 18.5. The fourth-order valence-corrected chi connectivity index (χ4v) is 2.91. The zero-order chi connectivity index (χ0) is 19.6. The summed E-state index contributed by atoms with van der Waals surface area (Å²) < 4.78 is 26.8. The summed E-state index contributed by atoms with van der Waals surface area (Å²) in [5.41, 5.74) is 1.19. The first-order valence-electron chi connectivity index (χ1n) is 8.27. The lowest BCUT2D eigenvalue weighted by Crippen LogP contribution is -2.28. The molecule has 0 radical (unpaired) electrons. The number of nitrogens with zero attached hydrogens (tertiary/aromatic N) is 1. The molecule has 3 amide bonds. The number of benzene rings is 2. The minimum Gasteiger partial charge on any atom is -0.326 e. The molecule has 27 heavy (non-hydrogen) atoms. The van der Waals surface area contributed by atoms with E-state index in [1.54, 1.807) is 24.3 Å². The predicted octanol–water partition coefficient (Wildman–Crippen LogP) is 2.91. The van der Waals surface area contributed by atoms with E-state index in [1.165, 1.54) is 11.8 Å². The highest BCUT2D eigenvalue weighted by Gasteiger charge is 2.35. The van der Waals surface area contributed by atoms with Crippen molar-refractivity contribution in [2.24, 2.45) is 5.92 Å². The van der Waals surface area contributed by atoms with E-state index in [1.807, 2.05) is 0 Å². The number of rotatable bonds is 4. The van der Waals surface area contributed by atoms with Crippen molar-refractivity contribution < 1.29 is 23.2 Å². The summed E-state index contributed by atoms with van der Waals surface area (Å²) in [6, 6.07) is 9.36. The molecular formula is C19H17F2N3O3. The van der Waals surface area contributed by atoms with Crippen LogP contribution in [0, 0.1) is 17.6 Å². The van der Waals surface area contributed by atoms with Gasteiger partial charge in [-0.2, -0.15) is 0 Å². The van der Waals surface area contributed by atoms with Crippen LogP contribution in [0.3, 0.4) is 0 Å². The van der Waals surface area contributed by atoms with E-state index in [-0.39, 0.29) is 36.4 Å². The van der Waals surface area contributed by atoms with Gasteiger partial charge in [-0.15, -0.1) is 0 Å². The van der Waals surface area contributed by atoms with Gasteiger partial charge in [0.2, 0.25) is 17.7 Å². The summed E-state index contributed by atoms with van der Waals surface area (Å²) in [5, 5.41) is 5.32. The SMILES string of the molecule is CC(=O)Nc1ccc(NC(=O)[C@H]2CC(=O)N(c3cc(F)cc(F)c3)C2)cc1. The summed E-state index contributed by atoms with van der Waals surface area (Å²) in [7, 11) is 0. The Hall–Kier alpha value is -3.29. The molecule has 0 spiro atoms. The Morgan fingerprint density at radius 1 is 1.00 bits per heavy atom. The van der Waals surface area contributed by atoms with Gasteiger partial charge in [0.05, 0.1) is 5.92 Å². The highest BCUT2D eigenvalue weighted by Crippen LogP contribution is 2.27. The molecule has 0 bridgehead atoms. The van der Waals surface area contributed by atoms with Crippen LogP contribution in [0.2, 0.25) is 0 Å². The van der Waals surface area contributed by atoms with Gasteiger partial charge in [0.25, 0.3) is 0 Å². The molecule has 6 nitrogen and oxygen atoms in total. The lowest BCUT2D eigenvalue weighted by molar-refractivity contribution is -0.122. The quantitative estimate of drug-likeness (QED) is 0.865. The molecule has 1 atom stereocenters. The molecule has 3 rings (SSSR count). The van der Waals surface area contributed by atoms with Gasteiger partial charge in [0.1, 0.15) is 11.6 Å². The van der Waals surface area contributed by atoms with Crippen LogP contribution < -0.4 is 15.5 Å². The van der Waals surface area contributed by atoms with Gasteiger partial charge in [-0.1, -0.05) is 0 Å². The Bertz CT molecular complexity index is 879. The Kier molecular flexibility index (Phi) is 5.16. The third kappa shape index (κ3) is 4.46. The minimum atomic E-state index is -0.787. The second-order valence-corrected chi connectivity index (χ2v) is 6.28. The summed E-state index contributed by atoms with van der Waals surface area (Å²) >= 11 is 0. The fraction of sp³-hybridized carbons (Fsp3) is 0.211. The van der Waals surface area contributed by atoms with Crippen LogP contribution in [0.4, 0.5) is 25.8 Å². The van der Waals surface area contributed by atoms with E-state index < -0.39 is 17.6 Å². The lowest BCUT2D eigenvalue weighted by Gasteiger charge is -2.17. The van der Waals surface area contributed by atoms with Crippen molar-refractivity contribution in [1.82, 2.24) is 0 Å². The summed E-state index contributed by atoms with van der Waals surface area (Å²) in [4.78, 5) is 36.8. The van der Waals surface area contributed by atoms with Crippen LogP contribution >= 0.6 is 0 Å². The van der Waals surface area contributed by atoms with Crippen LogP contribution in [0.15, 0.2) is 42.5 Å². The molecule has 2 aromatic carbocycles. The third-order valence-corrected chi connectivity index (χ3v) is 4.13. The highest BCUT2D eigenvalue weighted by atomic mass is 19.1. The maximum atomic E-state index is 13.4. The van der Waals surface area contributed by atoms with Crippen LogP contribution in [-0.2, 0) is 14.4 Å². The first-order chi connectivity index (χ1) is 12.8. The molecule has 1 heterocycles. The van der Waals surface area contributed by atoms with E-state index in [9.17, 15) is 23.2 Å². The number of halogens is 2. The maximum Gasteiger partial charge on any atom is 0.229 e. The molecule has 1 saturated heterocycles. The van der Waals surface area contributed by atoms with Crippen LogP contribution in [-0.4, -0.2) is 24.3 Å². The van der Waals surface area contributed by atoms with E-state index in [0.717, 1.165) is 18.2 Å². The van der Waals surface area contributed by atoms with Gasteiger partial charge in [-0.05, 0) is 36.4 Å². The summed E-state index contributed by atoms with van der Waals surface area (Å²) in [6.07, 6.45) is -0.0477. The van der Waals surface area contributed by atoms with Crippen LogP contribution in [0.1, 0.15) is 13.3 Å². The molecule has 0 aromatic heterocycles. The van der Waals surface area contributed by atoms with Crippen LogP contribution in [0.5, 0.6) is 0 Å². The molecular weight excluding hydrogens is 356 g/mol. The van der Waals surface area contributed by atoms with Crippen LogP contribution in [0.25, 0.3) is 0 Å². The summed E-state index contributed by atoms with van der Waals surface area (Å²) in [5.74, 6) is -3.16. The average Bonchev–Trinajstić information content (AvgIpc) is 2.97. The van der Waals surface area contributed by atoms with E-state index in [2.05, 4.69) is 10.6 Å². The van der Waals surface area contributed by atoms with Gasteiger partial charge in [-0.25, -0.2) is 8.78 Å². The maximum absolute atomic E-state index is 13.4. The normalized spacial score (nSPS) is 16.3. The molecule has 8 heteroatoms. The molecule has 140 valence electrons. The molecule has 1 aliphatic rings. The molecule has 1 fully saturated rings. The van der Waals surface area contributed by atoms with Crippen molar-refractivity contribution in [3.8, 4) is 0 Å². The molecule has 0 saturated carbocycles. The minimum absolute atomic E-state index is 0.0392. The lowest BCUT2D eigenvalue weighted by atomic mass is 10.1. The monoisotopic (exact) mass is 373 g/mol. The number of hydrogen-bond acceptors (Lipinski definition) is 3. The zero-order valence-corrected chi connectivity index (χ0v) is 14.5. The number of nitrogens with one attached hydrogen (secondary N) is 2. The van der Waals surface area contributed by atoms with E-state index in [4.69, 9.17) is 0 Å². The molecule has 0 aliphatic carbocycles. The molecule has 2 aromatic rings. The number of anilines is 3. The zero-order valence-electron chi connectivity index (χ0n) is 14.5. The largest absolute Gasteiger partial charge is 0.326 e. The third-order valence-electron chi connectivity index (χ3n) is 4.13. The predicted molar refractivity (Wildman–Crippen MR) is 96.2 cm³/mol. The standard InChI is InChI=1S/C19H17F2N3O3/c1-11(25)22-15-2-4-16(5-3-15)23-19(27)12-6-18(26)24(10-12)17-8-13(20)7-14(21)9-17/h2-5,7-9,12H,6,10H2,1H3,(H,22,25)(H,23,27)/t12-/m0/s1. The van der Waals surface area contributed by atoms with E-state index >= 15 is 0 Å². The van der Waals surface area contributed by atoms with Crippen molar-refractivity contribution in [1.29, 1.82) is 0 Å². The fourth-order valence-electron chi connectivity index (χ4n) is 2.91. The molecule has 0 unspecified atom stereocenters. The van der Waals surface area contributed by atoms with Gasteiger partial charge in [-0.3, -0.25) is 14.4 Å². The number of hydrogen-bond donors (Lipinski definition) is 2. The van der Waals surface area contributed by atoms with Crippen molar-refractivity contribution in [2.75, 3.05) is 22.1 Å². The average molecular weight is 373 g/mol. The smallest absolute Gasteiger partial charge is 0.229 e. The Balaban J connectivity index is 1.66. The van der Waals surface area contributed by atoms with Crippen molar-refractivity contribution in [3.05, 3.63) is 54.1 Å². The van der Waals surface area contributed by atoms with Crippen molar-refractivity contribution >= 4 is 34.8 Å². The van der Waals surface area contributed by atoms with Gasteiger partial charge >= 0.3 is 0 Å². The second-order valence-electron chi connectivity index (χ2n) is 6.28. The Morgan fingerprint density at radius 3 is 2.11 bits per heavy atom.